The fourth-order valence-electron chi connectivity index (χ4n) is 1.75. The molecule has 0 bridgehead atoms. The summed E-state index contributed by atoms with van der Waals surface area (Å²) in [5, 5.41) is 3.58. The van der Waals surface area contributed by atoms with Crippen LogP contribution in [-0.2, 0) is 0 Å². The second-order valence-corrected chi connectivity index (χ2v) is 4.59. The van der Waals surface area contributed by atoms with Crippen LogP contribution >= 0.6 is 0 Å². The molecule has 0 aromatic heterocycles. The Hall–Kier alpha value is -0.0400. The van der Waals surface area contributed by atoms with Crippen LogP contribution in [0.1, 0.15) is 53.9 Å². The molecule has 0 aromatic carbocycles. The van der Waals surface area contributed by atoms with Gasteiger partial charge in [-0.25, -0.2) is 0 Å². The summed E-state index contributed by atoms with van der Waals surface area (Å²) < 4.78 is 0. The SMILES string of the molecule is CCC(CC)(CC)CNCC(C)C. The zero-order chi connectivity index (χ0) is 10.3. The van der Waals surface area contributed by atoms with Crippen molar-refractivity contribution < 1.29 is 0 Å². The minimum atomic E-state index is 0.550. The molecule has 0 aliphatic heterocycles. The second-order valence-electron chi connectivity index (χ2n) is 4.59. The largest absolute Gasteiger partial charge is 0.316 e. The Morgan fingerprint density at radius 3 is 1.77 bits per heavy atom. The highest BCUT2D eigenvalue weighted by atomic mass is 14.9. The van der Waals surface area contributed by atoms with E-state index < -0.39 is 0 Å². The van der Waals surface area contributed by atoms with Gasteiger partial charge in [-0.1, -0.05) is 34.6 Å². The third-order valence-electron chi connectivity index (χ3n) is 3.30. The van der Waals surface area contributed by atoms with Crippen LogP contribution in [-0.4, -0.2) is 13.1 Å². The van der Waals surface area contributed by atoms with Crippen LogP contribution in [0.4, 0.5) is 0 Å². The van der Waals surface area contributed by atoms with E-state index in [1.807, 2.05) is 0 Å². The maximum atomic E-state index is 3.58. The minimum Gasteiger partial charge on any atom is -0.316 e. The monoisotopic (exact) mass is 185 g/mol. The lowest BCUT2D eigenvalue weighted by Gasteiger charge is -2.31. The fraction of sp³-hybridized carbons (Fsp3) is 1.00. The predicted octanol–water partition coefficient (Wildman–Crippen LogP) is 3.45. The van der Waals surface area contributed by atoms with Gasteiger partial charge >= 0.3 is 0 Å². The molecule has 0 aliphatic rings. The van der Waals surface area contributed by atoms with Crippen molar-refractivity contribution >= 4 is 0 Å². The molecule has 0 aliphatic carbocycles. The molecule has 0 amide bonds. The first kappa shape index (κ1) is 13.0. The average Bonchev–Trinajstić information content (AvgIpc) is 2.13. The zero-order valence-electron chi connectivity index (χ0n) is 10.1. The zero-order valence-corrected chi connectivity index (χ0v) is 10.1. The van der Waals surface area contributed by atoms with Crippen molar-refractivity contribution in [3.63, 3.8) is 0 Å². The van der Waals surface area contributed by atoms with E-state index in [2.05, 4.69) is 39.9 Å². The molecule has 0 heterocycles. The van der Waals surface area contributed by atoms with Crippen molar-refractivity contribution in [2.45, 2.75) is 53.9 Å². The molecule has 0 saturated carbocycles. The van der Waals surface area contributed by atoms with Crippen molar-refractivity contribution in [1.29, 1.82) is 0 Å². The van der Waals surface area contributed by atoms with Crippen molar-refractivity contribution in [2.75, 3.05) is 13.1 Å². The number of hydrogen-bond acceptors (Lipinski definition) is 1. The first-order chi connectivity index (χ1) is 6.10. The maximum absolute atomic E-state index is 3.58. The van der Waals surface area contributed by atoms with E-state index in [0.717, 1.165) is 12.5 Å². The smallest absolute Gasteiger partial charge is 0.000761 e. The van der Waals surface area contributed by atoms with Gasteiger partial charge in [-0.05, 0) is 37.1 Å². The van der Waals surface area contributed by atoms with Crippen molar-refractivity contribution in [3.8, 4) is 0 Å². The van der Waals surface area contributed by atoms with Crippen LogP contribution in [0.25, 0.3) is 0 Å². The first-order valence-corrected chi connectivity index (χ1v) is 5.81. The summed E-state index contributed by atoms with van der Waals surface area (Å²) in [5.74, 6) is 0.767. The van der Waals surface area contributed by atoms with Crippen LogP contribution in [0.15, 0.2) is 0 Å². The van der Waals surface area contributed by atoms with E-state index in [1.54, 1.807) is 0 Å². The van der Waals surface area contributed by atoms with Gasteiger partial charge in [-0.3, -0.25) is 0 Å². The lowest BCUT2D eigenvalue weighted by Crippen LogP contribution is -2.34. The summed E-state index contributed by atoms with van der Waals surface area (Å²) in [7, 11) is 0. The van der Waals surface area contributed by atoms with Crippen LogP contribution in [0.2, 0.25) is 0 Å². The fourth-order valence-corrected chi connectivity index (χ4v) is 1.75. The molecule has 0 spiro atoms. The summed E-state index contributed by atoms with van der Waals surface area (Å²) in [5.41, 5.74) is 0.550. The molecular weight excluding hydrogens is 158 g/mol. The molecule has 0 aromatic rings. The third kappa shape index (κ3) is 4.66. The van der Waals surface area contributed by atoms with Gasteiger partial charge in [0.05, 0.1) is 0 Å². The molecule has 0 unspecified atom stereocenters. The Morgan fingerprint density at radius 1 is 1.00 bits per heavy atom. The Bertz CT molecular complexity index is 106. The second kappa shape index (κ2) is 6.42. The highest BCUT2D eigenvalue weighted by Crippen LogP contribution is 2.29. The number of rotatable bonds is 7. The van der Waals surface area contributed by atoms with E-state index in [4.69, 9.17) is 0 Å². The molecule has 1 nitrogen and oxygen atoms in total. The van der Waals surface area contributed by atoms with Crippen molar-refractivity contribution in [3.05, 3.63) is 0 Å². The van der Waals surface area contributed by atoms with E-state index in [0.29, 0.717) is 5.41 Å². The maximum Gasteiger partial charge on any atom is 0.000761 e. The Labute approximate surface area is 84.3 Å². The summed E-state index contributed by atoms with van der Waals surface area (Å²) >= 11 is 0. The summed E-state index contributed by atoms with van der Waals surface area (Å²) in [4.78, 5) is 0. The Kier molecular flexibility index (Phi) is 6.40. The molecule has 1 heteroatoms. The molecule has 1 N–H and O–H groups in total. The molecule has 0 radical (unpaired) electrons. The van der Waals surface area contributed by atoms with Gasteiger partial charge in [0.15, 0.2) is 0 Å². The minimum absolute atomic E-state index is 0.550. The van der Waals surface area contributed by atoms with Crippen LogP contribution in [0.5, 0.6) is 0 Å². The molecule has 80 valence electrons. The van der Waals surface area contributed by atoms with E-state index >= 15 is 0 Å². The first-order valence-electron chi connectivity index (χ1n) is 5.81. The molecular formula is C12H27N. The lowest BCUT2D eigenvalue weighted by molar-refractivity contribution is 0.235. The molecule has 0 fully saturated rings. The molecule has 0 saturated heterocycles. The molecule has 13 heavy (non-hydrogen) atoms. The van der Waals surface area contributed by atoms with Gasteiger partial charge in [0.2, 0.25) is 0 Å². The Morgan fingerprint density at radius 2 is 1.46 bits per heavy atom. The highest BCUT2D eigenvalue weighted by molar-refractivity contribution is 4.77. The van der Waals surface area contributed by atoms with Crippen LogP contribution in [0.3, 0.4) is 0 Å². The van der Waals surface area contributed by atoms with E-state index in [-0.39, 0.29) is 0 Å². The average molecular weight is 185 g/mol. The van der Waals surface area contributed by atoms with Gasteiger partial charge in [-0.2, -0.15) is 0 Å². The highest BCUT2D eigenvalue weighted by Gasteiger charge is 2.22. The topological polar surface area (TPSA) is 12.0 Å². The predicted molar refractivity (Wildman–Crippen MR) is 61.0 cm³/mol. The van der Waals surface area contributed by atoms with Gasteiger partial charge < -0.3 is 5.32 Å². The number of hydrogen-bond donors (Lipinski definition) is 1. The Balaban J connectivity index is 3.81. The molecule has 0 rings (SSSR count). The number of nitrogens with one attached hydrogen (secondary N) is 1. The third-order valence-corrected chi connectivity index (χ3v) is 3.30. The van der Waals surface area contributed by atoms with Crippen LogP contribution < -0.4 is 5.32 Å². The van der Waals surface area contributed by atoms with Gasteiger partial charge in [0.1, 0.15) is 0 Å². The van der Waals surface area contributed by atoms with Gasteiger partial charge in [0.25, 0.3) is 0 Å². The normalized spacial score (nSPS) is 12.5. The van der Waals surface area contributed by atoms with Gasteiger partial charge in [0, 0.05) is 6.54 Å². The quantitative estimate of drug-likeness (QED) is 0.640. The summed E-state index contributed by atoms with van der Waals surface area (Å²) in [6.45, 7) is 13.8. The summed E-state index contributed by atoms with van der Waals surface area (Å²) in [6, 6.07) is 0. The van der Waals surface area contributed by atoms with E-state index in [9.17, 15) is 0 Å². The van der Waals surface area contributed by atoms with Crippen molar-refractivity contribution in [1.82, 2.24) is 5.32 Å². The van der Waals surface area contributed by atoms with Crippen molar-refractivity contribution in [2.24, 2.45) is 11.3 Å². The summed E-state index contributed by atoms with van der Waals surface area (Å²) in [6.07, 6.45) is 3.89. The standard InChI is InChI=1S/C12H27N/c1-6-12(7-2,8-3)10-13-9-11(4)5/h11,13H,6-10H2,1-5H3. The lowest BCUT2D eigenvalue weighted by atomic mass is 9.80. The van der Waals surface area contributed by atoms with Crippen LogP contribution in [0, 0.1) is 11.3 Å². The van der Waals surface area contributed by atoms with Gasteiger partial charge in [-0.15, -0.1) is 0 Å². The molecule has 0 atom stereocenters. The van der Waals surface area contributed by atoms with E-state index in [1.165, 1.54) is 25.8 Å².